The minimum atomic E-state index is 0.472. The van der Waals surface area contributed by atoms with E-state index in [2.05, 4.69) is 29.8 Å². The lowest BCUT2D eigenvalue weighted by Gasteiger charge is -2.37. The van der Waals surface area contributed by atoms with Crippen LogP contribution >= 0.6 is 0 Å². The molecule has 3 nitrogen and oxygen atoms in total. The Morgan fingerprint density at radius 3 is 3.00 bits per heavy atom. The van der Waals surface area contributed by atoms with Gasteiger partial charge in [0, 0.05) is 24.3 Å². The van der Waals surface area contributed by atoms with Crippen LogP contribution in [0.4, 0.5) is 5.82 Å². The monoisotopic (exact) mass is 233 g/mol. The van der Waals surface area contributed by atoms with Gasteiger partial charge in [0.25, 0.3) is 0 Å². The van der Waals surface area contributed by atoms with Gasteiger partial charge in [-0.3, -0.25) is 4.90 Å². The van der Waals surface area contributed by atoms with Crippen molar-refractivity contribution in [1.82, 2.24) is 9.88 Å². The highest BCUT2D eigenvalue weighted by molar-refractivity contribution is 5.41. The molecule has 0 aromatic carbocycles. The van der Waals surface area contributed by atoms with Crippen LogP contribution in [0.25, 0.3) is 0 Å². The molecule has 2 rings (SSSR count). The maximum atomic E-state index is 6.01. The van der Waals surface area contributed by atoms with Crippen LogP contribution in [0.1, 0.15) is 44.7 Å². The van der Waals surface area contributed by atoms with Gasteiger partial charge < -0.3 is 5.73 Å². The number of nitrogens with two attached hydrogens (primary N) is 1. The molecule has 0 aliphatic carbocycles. The van der Waals surface area contributed by atoms with Crippen molar-refractivity contribution in [3.05, 3.63) is 23.9 Å². The van der Waals surface area contributed by atoms with Crippen molar-refractivity contribution < 1.29 is 0 Å². The Kier molecular flexibility index (Phi) is 4.00. The second-order valence-corrected chi connectivity index (χ2v) is 5.38. The average Bonchev–Trinajstić information content (AvgIpc) is 2.30. The SMILES string of the molecule is CC(C)CN1CCCCC1c1cccnc1N. The van der Waals surface area contributed by atoms with Crippen molar-refractivity contribution in [3.8, 4) is 0 Å². The van der Waals surface area contributed by atoms with Crippen LogP contribution in [0.5, 0.6) is 0 Å². The Morgan fingerprint density at radius 1 is 1.47 bits per heavy atom. The molecule has 0 bridgehead atoms. The van der Waals surface area contributed by atoms with Gasteiger partial charge in [-0.2, -0.15) is 0 Å². The Hall–Kier alpha value is -1.09. The Labute approximate surface area is 104 Å². The van der Waals surface area contributed by atoms with E-state index in [-0.39, 0.29) is 0 Å². The van der Waals surface area contributed by atoms with Gasteiger partial charge in [-0.05, 0) is 31.4 Å². The fourth-order valence-electron chi connectivity index (χ4n) is 2.74. The van der Waals surface area contributed by atoms with E-state index >= 15 is 0 Å². The van der Waals surface area contributed by atoms with Crippen molar-refractivity contribution in [2.45, 2.75) is 39.2 Å². The highest BCUT2D eigenvalue weighted by atomic mass is 15.2. The summed E-state index contributed by atoms with van der Waals surface area (Å²) in [6.45, 7) is 6.90. The molecule has 1 saturated heterocycles. The van der Waals surface area contributed by atoms with Gasteiger partial charge in [0.1, 0.15) is 5.82 Å². The fourth-order valence-corrected chi connectivity index (χ4v) is 2.74. The van der Waals surface area contributed by atoms with Crippen molar-refractivity contribution >= 4 is 5.82 Å². The van der Waals surface area contributed by atoms with Crippen LogP contribution < -0.4 is 5.73 Å². The van der Waals surface area contributed by atoms with Crippen LogP contribution in [-0.2, 0) is 0 Å². The van der Waals surface area contributed by atoms with Gasteiger partial charge in [-0.1, -0.05) is 26.3 Å². The summed E-state index contributed by atoms with van der Waals surface area (Å²) < 4.78 is 0. The quantitative estimate of drug-likeness (QED) is 0.873. The molecule has 0 saturated carbocycles. The van der Waals surface area contributed by atoms with Crippen molar-refractivity contribution in [2.24, 2.45) is 5.92 Å². The predicted octanol–water partition coefficient (Wildman–Crippen LogP) is 2.85. The molecule has 1 fully saturated rings. The topological polar surface area (TPSA) is 42.2 Å². The molecule has 17 heavy (non-hydrogen) atoms. The number of anilines is 1. The van der Waals surface area contributed by atoms with Gasteiger partial charge in [0.2, 0.25) is 0 Å². The number of pyridine rings is 1. The van der Waals surface area contributed by atoms with Crippen LogP contribution in [0.2, 0.25) is 0 Å². The van der Waals surface area contributed by atoms with E-state index in [9.17, 15) is 0 Å². The van der Waals surface area contributed by atoms with E-state index in [0.29, 0.717) is 17.8 Å². The zero-order chi connectivity index (χ0) is 12.3. The summed E-state index contributed by atoms with van der Waals surface area (Å²) in [7, 11) is 0. The van der Waals surface area contributed by atoms with E-state index in [1.54, 1.807) is 6.20 Å². The lowest BCUT2D eigenvalue weighted by molar-refractivity contribution is 0.132. The summed E-state index contributed by atoms with van der Waals surface area (Å²) in [5.74, 6) is 1.40. The number of rotatable bonds is 3. The van der Waals surface area contributed by atoms with Crippen LogP contribution in [-0.4, -0.2) is 23.0 Å². The van der Waals surface area contributed by atoms with Gasteiger partial charge in [0.15, 0.2) is 0 Å². The van der Waals surface area contributed by atoms with E-state index in [0.717, 1.165) is 6.54 Å². The minimum Gasteiger partial charge on any atom is -0.383 e. The van der Waals surface area contributed by atoms with Crippen LogP contribution in [0.15, 0.2) is 18.3 Å². The van der Waals surface area contributed by atoms with Crippen molar-refractivity contribution in [2.75, 3.05) is 18.8 Å². The molecular weight excluding hydrogens is 210 g/mol. The summed E-state index contributed by atoms with van der Waals surface area (Å²) >= 11 is 0. The van der Waals surface area contributed by atoms with E-state index in [4.69, 9.17) is 5.73 Å². The third-order valence-corrected chi connectivity index (χ3v) is 3.44. The third-order valence-electron chi connectivity index (χ3n) is 3.44. The zero-order valence-electron chi connectivity index (χ0n) is 10.9. The molecule has 3 heteroatoms. The fraction of sp³-hybridized carbons (Fsp3) is 0.643. The Morgan fingerprint density at radius 2 is 2.29 bits per heavy atom. The van der Waals surface area contributed by atoms with Gasteiger partial charge in [-0.25, -0.2) is 4.98 Å². The number of hydrogen-bond acceptors (Lipinski definition) is 3. The number of piperidine rings is 1. The zero-order valence-corrected chi connectivity index (χ0v) is 10.9. The molecule has 1 atom stereocenters. The maximum Gasteiger partial charge on any atom is 0.128 e. The average molecular weight is 233 g/mol. The van der Waals surface area contributed by atoms with Crippen LogP contribution in [0, 0.1) is 5.92 Å². The lowest BCUT2D eigenvalue weighted by Crippen LogP contribution is -2.36. The van der Waals surface area contributed by atoms with Gasteiger partial charge >= 0.3 is 0 Å². The summed E-state index contributed by atoms with van der Waals surface area (Å²) in [6, 6.07) is 4.60. The first kappa shape index (κ1) is 12.4. The first-order valence-electron chi connectivity index (χ1n) is 6.63. The van der Waals surface area contributed by atoms with E-state index in [1.165, 1.54) is 31.4 Å². The summed E-state index contributed by atoms with van der Waals surface area (Å²) in [6.07, 6.45) is 5.59. The molecule has 1 unspecified atom stereocenters. The largest absolute Gasteiger partial charge is 0.383 e. The van der Waals surface area contributed by atoms with Crippen LogP contribution in [0.3, 0.4) is 0 Å². The first-order chi connectivity index (χ1) is 8.18. The van der Waals surface area contributed by atoms with Crippen molar-refractivity contribution in [3.63, 3.8) is 0 Å². The number of aromatic nitrogens is 1. The van der Waals surface area contributed by atoms with Gasteiger partial charge in [0.05, 0.1) is 0 Å². The maximum absolute atomic E-state index is 6.01. The molecule has 1 aromatic rings. The molecule has 0 spiro atoms. The number of likely N-dealkylation sites (tertiary alicyclic amines) is 1. The van der Waals surface area contributed by atoms with E-state index in [1.807, 2.05) is 6.07 Å². The highest BCUT2D eigenvalue weighted by Crippen LogP contribution is 2.33. The summed E-state index contributed by atoms with van der Waals surface area (Å²) in [5, 5.41) is 0. The molecule has 1 aliphatic rings. The molecule has 2 N–H and O–H groups in total. The summed E-state index contributed by atoms with van der Waals surface area (Å²) in [5.41, 5.74) is 7.22. The first-order valence-corrected chi connectivity index (χ1v) is 6.63. The van der Waals surface area contributed by atoms with Crippen molar-refractivity contribution in [1.29, 1.82) is 0 Å². The standard InChI is InChI=1S/C14H23N3/c1-11(2)10-17-9-4-3-7-13(17)12-6-5-8-16-14(12)15/h5-6,8,11,13H,3-4,7,9-10H2,1-2H3,(H2,15,16). The molecule has 94 valence electrons. The molecule has 1 aliphatic heterocycles. The molecule has 0 radical (unpaired) electrons. The van der Waals surface area contributed by atoms with Gasteiger partial charge in [-0.15, -0.1) is 0 Å². The summed E-state index contributed by atoms with van der Waals surface area (Å²) in [4.78, 5) is 6.79. The smallest absolute Gasteiger partial charge is 0.128 e. The molecule has 0 amide bonds. The molecule has 1 aromatic heterocycles. The Balaban J connectivity index is 2.19. The molecule has 2 heterocycles. The lowest BCUT2D eigenvalue weighted by atomic mass is 9.94. The number of nitrogens with zero attached hydrogens (tertiary/aromatic N) is 2. The highest BCUT2D eigenvalue weighted by Gasteiger charge is 2.25. The normalized spacial score (nSPS) is 21.9. The number of nitrogen functional groups attached to an aromatic ring is 1. The van der Waals surface area contributed by atoms with E-state index < -0.39 is 0 Å². The predicted molar refractivity (Wildman–Crippen MR) is 71.7 cm³/mol. The molecular formula is C14H23N3. The Bertz CT molecular complexity index is 362. The number of hydrogen-bond donors (Lipinski definition) is 1. The second kappa shape index (κ2) is 5.50. The minimum absolute atomic E-state index is 0.472. The third kappa shape index (κ3) is 2.97. The second-order valence-electron chi connectivity index (χ2n) is 5.38.